The van der Waals surface area contributed by atoms with E-state index < -0.39 is 23.3 Å². The number of nitrogens with zero attached hydrogens (tertiary/aromatic N) is 3. The van der Waals surface area contributed by atoms with Crippen LogP contribution in [0.3, 0.4) is 0 Å². The molecule has 0 aromatic heterocycles. The summed E-state index contributed by atoms with van der Waals surface area (Å²) < 4.78 is 5.65. The van der Waals surface area contributed by atoms with Crippen LogP contribution in [-0.4, -0.2) is 63.3 Å². The molecule has 174 valence electrons. The van der Waals surface area contributed by atoms with Gasteiger partial charge in [-0.05, 0) is 77.6 Å². The van der Waals surface area contributed by atoms with Gasteiger partial charge in [-0.3, -0.25) is 9.69 Å². The summed E-state index contributed by atoms with van der Waals surface area (Å²) in [5.74, 6) is 0.586. The average Bonchev–Trinajstić information content (AvgIpc) is 3.36. The van der Waals surface area contributed by atoms with Gasteiger partial charge in [0.05, 0.1) is 11.7 Å². The zero-order valence-corrected chi connectivity index (χ0v) is 19.6. The van der Waals surface area contributed by atoms with Gasteiger partial charge < -0.3 is 14.7 Å². The number of rotatable bonds is 6. The summed E-state index contributed by atoms with van der Waals surface area (Å²) in [6.45, 7) is 8.15. The number of unbranched alkanes of at least 4 members (excludes halogenated alkanes) is 1. The number of carbonyl (C=O) groups is 2. The van der Waals surface area contributed by atoms with Crippen LogP contribution in [0.2, 0.25) is 0 Å². The van der Waals surface area contributed by atoms with E-state index in [1.54, 1.807) is 9.80 Å². The number of likely N-dealkylation sites (tertiary alicyclic amines) is 1. The van der Waals surface area contributed by atoms with Crippen LogP contribution in [0.5, 0.6) is 0 Å². The first-order valence-corrected chi connectivity index (χ1v) is 12.0. The SMILES string of the molecule is CCCCC1(O)CC2CC(N(CC(=O)N3CCCC3C#N)C(=O)OC(C)(C)C)CC2C1. The highest BCUT2D eigenvalue weighted by molar-refractivity contribution is 5.83. The largest absolute Gasteiger partial charge is 0.444 e. The second kappa shape index (κ2) is 9.36. The lowest BCUT2D eigenvalue weighted by molar-refractivity contribution is -0.133. The highest BCUT2D eigenvalue weighted by Gasteiger charge is 2.50. The molecule has 1 aliphatic heterocycles. The van der Waals surface area contributed by atoms with Crippen LogP contribution in [0.1, 0.15) is 85.5 Å². The molecule has 1 N–H and O–H groups in total. The van der Waals surface area contributed by atoms with Gasteiger partial charge in [0.25, 0.3) is 0 Å². The summed E-state index contributed by atoms with van der Waals surface area (Å²) in [7, 11) is 0. The van der Waals surface area contributed by atoms with Crippen molar-refractivity contribution in [3.63, 3.8) is 0 Å². The van der Waals surface area contributed by atoms with Crippen molar-refractivity contribution in [3.8, 4) is 6.07 Å². The minimum absolute atomic E-state index is 0.0443. The van der Waals surface area contributed by atoms with Gasteiger partial charge >= 0.3 is 6.09 Å². The van der Waals surface area contributed by atoms with Crippen molar-refractivity contribution in [1.82, 2.24) is 9.80 Å². The number of aliphatic hydroxyl groups is 1. The number of carbonyl (C=O) groups excluding carboxylic acids is 2. The Hall–Kier alpha value is -1.81. The van der Waals surface area contributed by atoms with Crippen LogP contribution in [0.15, 0.2) is 0 Å². The lowest BCUT2D eigenvalue weighted by Crippen LogP contribution is -2.49. The molecule has 2 aliphatic carbocycles. The summed E-state index contributed by atoms with van der Waals surface area (Å²) in [5, 5.41) is 20.3. The predicted octanol–water partition coefficient (Wildman–Crippen LogP) is 3.85. The van der Waals surface area contributed by atoms with E-state index in [0.717, 1.165) is 51.4 Å². The van der Waals surface area contributed by atoms with Gasteiger partial charge in [-0.2, -0.15) is 5.26 Å². The maximum absolute atomic E-state index is 13.1. The second-order valence-corrected chi connectivity index (χ2v) is 10.9. The van der Waals surface area contributed by atoms with E-state index in [-0.39, 0.29) is 18.5 Å². The normalized spacial score (nSPS) is 32.6. The molecule has 0 radical (unpaired) electrons. The predicted molar refractivity (Wildman–Crippen MR) is 117 cm³/mol. The molecule has 0 bridgehead atoms. The van der Waals surface area contributed by atoms with Crippen LogP contribution < -0.4 is 0 Å². The van der Waals surface area contributed by atoms with Gasteiger partial charge in [-0.25, -0.2) is 4.79 Å². The lowest BCUT2D eigenvalue weighted by atomic mass is 9.91. The molecular formula is C24H39N3O4. The van der Waals surface area contributed by atoms with E-state index in [4.69, 9.17) is 4.74 Å². The quantitative estimate of drug-likeness (QED) is 0.687. The first-order valence-electron chi connectivity index (χ1n) is 12.0. The Morgan fingerprint density at radius 1 is 1.26 bits per heavy atom. The molecule has 1 heterocycles. The van der Waals surface area contributed by atoms with Gasteiger partial charge in [0, 0.05) is 12.6 Å². The summed E-state index contributed by atoms with van der Waals surface area (Å²) in [6, 6.07) is 1.74. The Labute approximate surface area is 186 Å². The fraction of sp³-hybridized carbons (Fsp3) is 0.875. The van der Waals surface area contributed by atoms with Gasteiger partial charge in [-0.15, -0.1) is 0 Å². The van der Waals surface area contributed by atoms with E-state index >= 15 is 0 Å². The minimum Gasteiger partial charge on any atom is -0.444 e. The lowest BCUT2D eigenvalue weighted by Gasteiger charge is -2.34. The molecule has 3 aliphatic rings. The van der Waals surface area contributed by atoms with Gasteiger partial charge in [0.1, 0.15) is 18.2 Å². The number of ether oxygens (including phenoxy) is 1. The van der Waals surface area contributed by atoms with Crippen molar-refractivity contribution >= 4 is 12.0 Å². The zero-order valence-electron chi connectivity index (χ0n) is 19.6. The van der Waals surface area contributed by atoms with Gasteiger partial charge in [0.15, 0.2) is 0 Å². The van der Waals surface area contributed by atoms with Crippen LogP contribution >= 0.6 is 0 Å². The first kappa shape index (κ1) is 23.8. The molecule has 0 aromatic carbocycles. The maximum atomic E-state index is 13.1. The topological polar surface area (TPSA) is 93.9 Å². The Morgan fingerprint density at radius 3 is 2.45 bits per heavy atom. The second-order valence-electron chi connectivity index (χ2n) is 10.9. The van der Waals surface area contributed by atoms with E-state index in [1.807, 2.05) is 20.8 Å². The highest BCUT2D eigenvalue weighted by Crippen LogP contribution is 2.51. The number of amides is 2. The molecule has 0 aromatic rings. The van der Waals surface area contributed by atoms with E-state index in [2.05, 4.69) is 13.0 Å². The molecule has 2 saturated carbocycles. The van der Waals surface area contributed by atoms with Crippen molar-refractivity contribution in [2.75, 3.05) is 13.1 Å². The van der Waals surface area contributed by atoms with Crippen LogP contribution in [0.4, 0.5) is 4.79 Å². The third-order valence-corrected chi connectivity index (χ3v) is 7.19. The summed E-state index contributed by atoms with van der Waals surface area (Å²) >= 11 is 0. The molecular weight excluding hydrogens is 394 g/mol. The van der Waals surface area contributed by atoms with E-state index in [1.165, 1.54) is 0 Å². The average molecular weight is 434 g/mol. The van der Waals surface area contributed by atoms with Crippen molar-refractivity contribution in [2.24, 2.45) is 11.8 Å². The van der Waals surface area contributed by atoms with Crippen molar-refractivity contribution < 1.29 is 19.4 Å². The van der Waals surface area contributed by atoms with Crippen molar-refractivity contribution in [3.05, 3.63) is 0 Å². The monoisotopic (exact) mass is 433 g/mol. The highest BCUT2D eigenvalue weighted by atomic mass is 16.6. The van der Waals surface area contributed by atoms with Crippen LogP contribution in [-0.2, 0) is 9.53 Å². The fourth-order valence-corrected chi connectivity index (χ4v) is 5.80. The Bertz CT molecular complexity index is 697. The molecule has 7 heteroatoms. The minimum atomic E-state index is -0.643. The van der Waals surface area contributed by atoms with Gasteiger partial charge in [0.2, 0.25) is 5.91 Å². The molecule has 3 unspecified atom stereocenters. The smallest absolute Gasteiger partial charge is 0.411 e. The fourth-order valence-electron chi connectivity index (χ4n) is 5.80. The molecule has 1 saturated heterocycles. The number of hydrogen-bond donors (Lipinski definition) is 1. The van der Waals surface area contributed by atoms with Crippen LogP contribution in [0.25, 0.3) is 0 Å². The van der Waals surface area contributed by atoms with E-state index in [9.17, 15) is 20.0 Å². The molecule has 0 spiro atoms. The Kier molecular flexibility index (Phi) is 7.20. The van der Waals surface area contributed by atoms with Gasteiger partial charge in [-0.1, -0.05) is 19.8 Å². The van der Waals surface area contributed by atoms with E-state index in [0.29, 0.717) is 24.8 Å². The molecule has 3 rings (SSSR count). The van der Waals surface area contributed by atoms with Crippen LogP contribution in [0, 0.1) is 23.2 Å². The molecule has 31 heavy (non-hydrogen) atoms. The third kappa shape index (κ3) is 5.71. The molecule has 3 atom stereocenters. The molecule has 3 fully saturated rings. The maximum Gasteiger partial charge on any atom is 0.411 e. The van der Waals surface area contributed by atoms with Crippen molar-refractivity contribution in [2.45, 2.75) is 109 Å². The number of hydrogen-bond acceptors (Lipinski definition) is 5. The summed E-state index contributed by atoms with van der Waals surface area (Å²) in [5.41, 5.74) is -1.21. The number of nitriles is 1. The number of fused-ring (bicyclic) bond motifs is 1. The molecule has 2 amide bonds. The van der Waals surface area contributed by atoms with Crippen molar-refractivity contribution in [1.29, 1.82) is 5.26 Å². The zero-order chi connectivity index (χ0) is 22.8. The first-order chi connectivity index (χ1) is 14.5. The third-order valence-electron chi connectivity index (χ3n) is 7.19. The Balaban J connectivity index is 1.69. The summed E-state index contributed by atoms with van der Waals surface area (Å²) in [6.07, 6.45) is 7.18. The Morgan fingerprint density at radius 2 is 1.90 bits per heavy atom. The summed E-state index contributed by atoms with van der Waals surface area (Å²) in [4.78, 5) is 29.3. The standard InChI is InChI=1S/C24H39N3O4/c1-5-6-9-24(30)13-17-11-20(12-18(17)14-24)27(22(29)31-23(2,3)4)16-21(28)26-10-7-8-19(26)15-25/h17-20,30H,5-14,16H2,1-4H3. The molecule has 7 nitrogen and oxygen atoms in total.